The summed E-state index contributed by atoms with van der Waals surface area (Å²) in [5.74, 6) is -0.821. The molecule has 0 bridgehead atoms. The maximum atomic E-state index is 10.8. The Balaban J connectivity index is 1.99. The highest BCUT2D eigenvalue weighted by Gasteiger charge is 2.07. The number of aliphatic carboxylic acids is 1. The number of carboxylic acids is 1. The first-order chi connectivity index (χ1) is 10.1. The highest BCUT2D eigenvalue weighted by Crippen LogP contribution is 2.22. The van der Waals surface area contributed by atoms with Crippen LogP contribution in [0.4, 0.5) is 0 Å². The van der Waals surface area contributed by atoms with Crippen molar-refractivity contribution in [3.05, 3.63) is 70.9 Å². The van der Waals surface area contributed by atoms with Crippen LogP contribution < -0.4 is 0 Å². The molecule has 21 heavy (non-hydrogen) atoms. The van der Waals surface area contributed by atoms with E-state index >= 15 is 0 Å². The van der Waals surface area contributed by atoms with Crippen LogP contribution >= 0.6 is 11.6 Å². The van der Waals surface area contributed by atoms with Crippen molar-refractivity contribution < 1.29 is 9.90 Å². The molecule has 0 unspecified atom stereocenters. The van der Waals surface area contributed by atoms with Crippen molar-refractivity contribution in [2.24, 2.45) is 0 Å². The number of hydrogen-bond acceptors (Lipinski definition) is 1. The van der Waals surface area contributed by atoms with Crippen LogP contribution in [0.15, 0.2) is 54.7 Å². The minimum Gasteiger partial charge on any atom is -0.481 e. The number of hydrogen-bond donors (Lipinski definition) is 1. The number of benzene rings is 2. The van der Waals surface area contributed by atoms with E-state index in [1.807, 2.05) is 54.7 Å². The van der Waals surface area contributed by atoms with Crippen LogP contribution in [0, 0.1) is 0 Å². The third-order valence-corrected chi connectivity index (χ3v) is 3.86. The van der Waals surface area contributed by atoms with E-state index in [0.717, 1.165) is 27.1 Å². The van der Waals surface area contributed by atoms with Crippen LogP contribution in [-0.4, -0.2) is 15.6 Å². The van der Waals surface area contributed by atoms with Gasteiger partial charge in [-0.05, 0) is 34.7 Å². The van der Waals surface area contributed by atoms with E-state index in [1.54, 1.807) is 0 Å². The fraction of sp³-hybridized carbons (Fsp3) is 0.118. The summed E-state index contributed by atoms with van der Waals surface area (Å²) in [6, 6.07) is 15.5. The van der Waals surface area contributed by atoms with Crippen molar-refractivity contribution in [2.75, 3.05) is 0 Å². The van der Waals surface area contributed by atoms with Gasteiger partial charge in [-0.1, -0.05) is 41.9 Å². The summed E-state index contributed by atoms with van der Waals surface area (Å²) in [7, 11) is 0. The zero-order chi connectivity index (χ0) is 14.8. The second-order valence-corrected chi connectivity index (χ2v) is 5.41. The lowest BCUT2D eigenvalue weighted by Gasteiger charge is -2.08. The van der Waals surface area contributed by atoms with E-state index in [1.165, 1.54) is 0 Å². The van der Waals surface area contributed by atoms with Crippen molar-refractivity contribution in [3.8, 4) is 0 Å². The molecule has 0 radical (unpaired) electrons. The van der Waals surface area contributed by atoms with Crippen molar-refractivity contribution in [1.82, 2.24) is 4.57 Å². The molecule has 0 saturated carbocycles. The van der Waals surface area contributed by atoms with Crippen LogP contribution in [0.25, 0.3) is 10.9 Å². The molecule has 4 heteroatoms. The van der Waals surface area contributed by atoms with Crippen molar-refractivity contribution in [2.45, 2.75) is 13.0 Å². The number of halogens is 1. The number of rotatable bonds is 4. The Morgan fingerprint density at radius 3 is 2.71 bits per heavy atom. The van der Waals surface area contributed by atoms with Gasteiger partial charge in [-0.3, -0.25) is 4.79 Å². The largest absolute Gasteiger partial charge is 0.481 e. The van der Waals surface area contributed by atoms with E-state index in [0.29, 0.717) is 6.54 Å². The molecule has 3 nitrogen and oxygen atoms in total. The third kappa shape index (κ3) is 2.93. The molecule has 0 amide bonds. The second kappa shape index (κ2) is 5.62. The number of nitrogens with zero attached hydrogens (tertiary/aromatic N) is 1. The maximum absolute atomic E-state index is 10.8. The summed E-state index contributed by atoms with van der Waals surface area (Å²) in [5, 5.41) is 10.7. The SMILES string of the molecule is O=C(O)Cc1ccc2ccn(Cc3ccccc3Cl)c2c1. The normalized spacial score (nSPS) is 10.9. The smallest absolute Gasteiger partial charge is 0.307 e. The average Bonchev–Trinajstić information content (AvgIpc) is 2.83. The van der Waals surface area contributed by atoms with Gasteiger partial charge in [-0.15, -0.1) is 0 Å². The van der Waals surface area contributed by atoms with E-state index in [4.69, 9.17) is 16.7 Å². The Hall–Kier alpha value is -2.26. The molecule has 0 aliphatic carbocycles. The van der Waals surface area contributed by atoms with Gasteiger partial charge >= 0.3 is 5.97 Å². The molecule has 1 heterocycles. The van der Waals surface area contributed by atoms with Gasteiger partial charge in [0.05, 0.1) is 6.42 Å². The van der Waals surface area contributed by atoms with E-state index in [9.17, 15) is 4.79 Å². The summed E-state index contributed by atoms with van der Waals surface area (Å²) in [6.45, 7) is 0.666. The molecular formula is C17H14ClNO2. The molecular weight excluding hydrogens is 286 g/mol. The molecule has 0 atom stereocenters. The van der Waals surface area contributed by atoms with E-state index < -0.39 is 5.97 Å². The molecule has 1 aromatic heterocycles. The standard InChI is InChI=1S/C17H14ClNO2/c18-15-4-2-1-3-14(15)11-19-8-7-13-6-5-12(9-16(13)19)10-17(20)21/h1-9H,10-11H2,(H,20,21). The fourth-order valence-corrected chi connectivity index (χ4v) is 2.66. The zero-order valence-electron chi connectivity index (χ0n) is 11.3. The monoisotopic (exact) mass is 299 g/mol. The van der Waals surface area contributed by atoms with E-state index in [-0.39, 0.29) is 6.42 Å². The first kappa shape index (κ1) is 13.7. The van der Waals surface area contributed by atoms with Gasteiger partial charge < -0.3 is 9.67 Å². The zero-order valence-corrected chi connectivity index (χ0v) is 12.0. The van der Waals surface area contributed by atoms with Crippen LogP contribution in [0.2, 0.25) is 5.02 Å². The van der Waals surface area contributed by atoms with Crippen LogP contribution in [0.5, 0.6) is 0 Å². The summed E-state index contributed by atoms with van der Waals surface area (Å²) in [5.41, 5.74) is 2.86. The molecule has 0 spiro atoms. The topological polar surface area (TPSA) is 42.2 Å². The lowest BCUT2D eigenvalue weighted by atomic mass is 10.1. The first-order valence-electron chi connectivity index (χ1n) is 6.66. The van der Waals surface area contributed by atoms with Gasteiger partial charge in [0.15, 0.2) is 0 Å². The lowest BCUT2D eigenvalue weighted by molar-refractivity contribution is -0.136. The lowest BCUT2D eigenvalue weighted by Crippen LogP contribution is -2.01. The van der Waals surface area contributed by atoms with Gasteiger partial charge in [-0.25, -0.2) is 0 Å². The van der Waals surface area contributed by atoms with E-state index in [2.05, 4.69) is 4.57 Å². The molecule has 0 saturated heterocycles. The molecule has 0 aliphatic rings. The quantitative estimate of drug-likeness (QED) is 0.792. The minimum atomic E-state index is -0.821. The second-order valence-electron chi connectivity index (χ2n) is 5.00. The van der Waals surface area contributed by atoms with Gasteiger partial charge in [0.2, 0.25) is 0 Å². The molecule has 1 N–H and O–H groups in total. The van der Waals surface area contributed by atoms with Crippen LogP contribution in [0.3, 0.4) is 0 Å². The molecule has 3 rings (SSSR count). The molecule has 0 aliphatic heterocycles. The number of fused-ring (bicyclic) bond motifs is 1. The Kier molecular flexibility index (Phi) is 3.67. The molecule has 0 fully saturated rings. The number of carboxylic acid groups (broad SMARTS) is 1. The third-order valence-electron chi connectivity index (χ3n) is 3.49. The molecule has 3 aromatic rings. The first-order valence-corrected chi connectivity index (χ1v) is 7.04. The Labute approximate surface area is 127 Å². The van der Waals surface area contributed by atoms with Gasteiger partial charge in [0, 0.05) is 23.3 Å². The molecule has 2 aromatic carbocycles. The predicted molar refractivity (Wildman–Crippen MR) is 83.8 cm³/mol. The summed E-state index contributed by atoms with van der Waals surface area (Å²) < 4.78 is 2.09. The predicted octanol–water partition coefficient (Wildman–Crippen LogP) is 3.97. The van der Waals surface area contributed by atoms with Crippen LogP contribution in [-0.2, 0) is 17.8 Å². The van der Waals surface area contributed by atoms with Crippen molar-refractivity contribution in [1.29, 1.82) is 0 Å². The van der Waals surface area contributed by atoms with Gasteiger partial charge in [0.1, 0.15) is 0 Å². The average molecular weight is 300 g/mol. The highest BCUT2D eigenvalue weighted by atomic mass is 35.5. The van der Waals surface area contributed by atoms with Gasteiger partial charge in [0.25, 0.3) is 0 Å². The van der Waals surface area contributed by atoms with Gasteiger partial charge in [-0.2, -0.15) is 0 Å². The number of aromatic nitrogens is 1. The van der Waals surface area contributed by atoms with Crippen LogP contribution in [0.1, 0.15) is 11.1 Å². The highest BCUT2D eigenvalue weighted by molar-refractivity contribution is 6.31. The van der Waals surface area contributed by atoms with Crippen molar-refractivity contribution >= 4 is 28.5 Å². The summed E-state index contributed by atoms with van der Waals surface area (Å²) >= 11 is 6.20. The molecule has 106 valence electrons. The Bertz CT molecular complexity index is 807. The summed E-state index contributed by atoms with van der Waals surface area (Å²) in [6.07, 6.45) is 2.03. The maximum Gasteiger partial charge on any atom is 0.307 e. The van der Waals surface area contributed by atoms with Crippen molar-refractivity contribution in [3.63, 3.8) is 0 Å². The summed E-state index contributed by atoms with van der Waals surface area (Å²) in [4.78, 5) is 10.8. The fourth-order valence-electron chi connectivity index (χ4n) is 2.46. The number of carbonyl (C=O) groups is 1. The Morgan fingerprint density at radius 1 is 1.14 bits per heavy atom. The Morgan fingerprint density at radius 2 is 1.95 bits per heavy atom. The minimum absolute atomic E-state index is 0.0349.